The zero-order chi connectivity index (χ0) is 21.9. The van der Waals surface area contributed by atoms with Crippen LogP contribution in [0.2, 0.25) is 5.02 Å². The lowest BCUT2D eigenvalue weighted by Crippen LogP contribution is -2.46. The molecular formula is C23H29ClN2O3S. The lowest BCUT2D eigenvalue weighted by molar-refractivity contribution is -0.130. The van der Waals surface area contributed by atoms with Gasteiger partial charge in [0.05, 0.1) is 10.6 Å². The van der Waals surface area contributed by atoms with Gasteiger partial charge in [-0.1, -0.05) is 54.6 Å². The van der Waals surface area contributed by atoms with Crippen LogP contribution in [-0.2, 0) is 14.8 Å². The Morgan fingerprint density at radius 3 is 2.30 bits per heavy atom. The molecule has 0 radical (unpaired) electrons. The lowest BCUT2D eigenvalue weighted by atomic mass is 9.94. The summed E-state index contributed by atoms with van der Waals surface area (Å²) in [6, 6.07) is 11.9. The molecule has 0 heterocycles. The van der Waals surface area contributed by atoms with Crippen LogP contribution in [0.3, 0.4) is 0 Å². The maximum atomic E-state index is 13.6. The van der Waals surface area contributed by atoms with Crippen molar-refractivity contribution in [3.05, 3.63) is 58.6 Å². The van der Waals surface area contributed by atoms with Gasteiger partial charge in [-0.3, -0.25) is 9.10 Å². The third kappa shape index (κ3) is 4.98. The van der Waals surface area contributed by atoms with Crippen molar-refractivity contribution in [1.82, 2.24) is 4.90 Å². The number of hydrogen-bond acceptors (Lipinski definition) is 3. The van der Waals surface area contributed by atoms with Crippen LogP contribution in [0.5, 0.6) is 0 Å². The van der Waals surface area contributed by atoms with Crippen molar-refractivity contribution < 1.29 is 13.2 Å². The van der Waals surface area contributed by atoms with Crippen molar-refractivity contribution in [2.45, 2.75) is 56.9 Å². The molecule has 0 N–H and O–H groups in total. The fraction of sp³-hybridized carbons (Fsp3) is 0.435. The van der Waals surface area contributed by atoms with Gasteiger partial charge in [-0.15, -0.1) is 0 Å². The summed E-state index contributed by atoms with van der Waals surface area (Å²) >= 11 is 6.18. The molecule has 1 aliphatic carbocycles. The zero-order valence-electron chi connectivity index (χ0n) is 17.8. The standard InChI is InChI=1S/C23H29ClN2O3S/c1-17-9-13-21(14-10-17)30(28,29)26(22-15-19(24)12-11-18(22)2)16-23(27)25(3)20-7-5-4-6-8-20/h9-15,20H,4-8,16H2,1-3H3. The van der Waals surface area contributed by atoms with E-state index in [1.165, 1.54) is 10.7 Å². The van der Waals surface area contributed by atoms with Gasteiger partial charge < -0.3 is 4.90 Å². The quantitative estimate of drug-likeness (QED) is 0.628. The molecule has 0 atom stereocenters. The van der Waals surface area contributed by atoms with Gasteiger partial charge in [-0.25, -0.2) is 8.42 Å². The average Bonchev–Trinajstić information content (AvgIpc) is 2.74. The zero-order valence-corrected chi connectivity index (χ0v) is 19.3. The summed E-state index contributed by atoms with van der Waals surface area (Å²) in [7, 11) is -2.16. The number of likely N-dealkylation sites (N-methyl/N-ethyl adjacent to an activating group) is 1. The van der Waals surface area contributed by atoms with E-state index in [0.29, 0.717) is 10.7 Å². The molecule has 1 aliphatic rings. The van der Waals surface area contributed by atoms with Gasteiger partial charge in [0, 0.05) is 18.1 Å². The fourth-order valence-corrected chi connectivity index (χ4v) is 5.53. The third-order valence-corrected chi connectivity index (χ3v) is 7.85. The minimum absolute atomic E-state index is 0.153. The molecule has 0 spiro atoms. The van der Waals surface area contributed by atoms with Crippen LogP contribution in [0.4, 0.5) is 5.69 Å². The number of nitrogens with zero attached hydrogens (tertiary/aromatic N) is 2. The molecule has 162 valence electrons. The molecule has 0 aromatic heterocycles. The normalized spacial score (nSPS) is 15.1. The molecule has 2 aromatic carbocycles. The van der Waals surface area contributed by atoms with E-state index in [2.05, 4.69) is 0 Å². The number of hydrogen-bond donors (Lipinski definition) is 0. The summed E-state index contributed by atoms with van der Waals surface area (Å²) < 4.78 is 28.3. The van der Waals surface area contributed by atoms with Gasteiger partial charge in [0.25, 0.3) is 10.0 Å². The van der Waals surface area contributed by atoms with Crippen LogP contribution in [0.25, 0.3) is 0 Å². The van der Waals surface area contributed by atoms with Crippen LogP contribution < -0.4 is 4.31 Å². The Labute approximate surface area is 184 Å². The van der Waals surface area contributed by atoms with E-state index in [1.807, 2.05) is 13.8 Å². The highest BCUT2D eigenvalue weighted by Gasteiger charge is 2.31. The molecule has 1 amide bonds. The Morgan fingerprint density at radius 2 is 1.67 bits per heavy atom. The van der Waals surface area contributed by atoms with Crippen molar-refractivity contribution in [3.63, 3.8) is 0 Å². The summed E-state index contributed by atoms with van der Waals surface area (Å²) in [4.78, 5) is 15.0. The minimum atomic E-state index is -3.94. The van der Waals surface area contributed by atoms with Crippen molar-refractivity contribution >= 4 is 33.2 Å². The monoisotopic (exact) mass is 448 g/mol. The molecule has 30 heavy (non-hydrogen) atoms. The van der Waals surface area contributed by atoms with E-state index in [-0.39, 0.29) is 23.4 Å². The first-order valence-electron chi connectivity index (χ1n) is 10.3. The molecule has 5 nitrogen and oxygen atoms in total. The summed E-state index contributed by atoms with van der Waals surface area (Å²) in [5, 5.41) is 0.424. The Morgan fingerprint density at radius 1 is 1.03 bits per heavy atom. The van der Waals surface area contributed by atoms with Crippen molar-refractivity contribution in [2.24, 2.45) is 0 Å². The minimum Gasteiger partial charge on any atom is -0.341 e. The van der Waals surface area contributed by atoms with E-state index in [0.717, 1.165) is 36.8 Å². The topological polar surface area (TPSA) is 57.7 Å². The first-order chi connectivity index (χ1) is 14.2. The molecule has 1 fully saturated rings. The molecule has 3 rings (SSSR count). The van der Waals surface area contributed by atoms with Crippen LogP contribution >= 0.6 is 11.6 Å². The first kappa shape index (κ1) is 22.6. The van der Waals surface area contributed by atoms with Crippen LogP contribution in [-0.4, -0.2) is 38.9 Å². The number of carbonyl (C=O) groups excluding carboxylic acids is 1. The van der Waals surface area contributed by atoms with E-state index in [9.17, 15) is 13.2 Å². The number of amides is 1. The highest BCUT2D eigenvalue weighted by atomic mass is 35.5. The Balaban J connectivity index is 1.98. The first-order valence-corrected chi connectivity index (χ1v) is 12.1. The van der Waals surface area contributed by atoms with Gasteiger partial charge in [0.15, 0.2) is 0 Å². The van der Waals surface area contributed by atoms with Crippen LogP contribution in [0.1, 0.15) is 43.2 Å². The molecule has 0 aliphatic heterocycles. The molecule has 1 saturated carbocycles. The largest absolute Gasteiger partial charge is 0.341 e. The molecule has 7 heteroatoms. The molecule has 0 unspecified atom stereocenters. The lowest BCUT2D eigenvalue weighted by Gasteiger charge is -2.33. The van der Waals surface area contributed by atoms with Gasteiger partial charge in [-0.05, 0) is 56.5 Å². The van der Waals surface area contributed by atoms with Gasteiger partial charge >= 0.3 is 0 Å². The highest BCUT2D eigenvalue weighted by molar-refractivity contribution is 7.92. The van der Waals surface area contributed by atoms with Gasteiger partial charge in [0.1, 0.15) is 6.54 Å². The Kier molecular flexibility index (Phi) is 7.09. The number of aryl methyl sites for hydroxylation is 2. The second kappa shape index (κ2) is 9.40. The average molecular weight is 449 g/mol. The van der Waals surface area contributed by atoms with E-state index in [1.54, 1.807) is 54.4 Å². The highest BCUT2D eigenvalue weighted by Crippen LogP contribution is 2.30. The summed E-state index contributed by atoms with van der Waals surface area (Å²) in [5.74, 6) is -0.211. The maximum absolute atomic E-state index is 13.6. The molecule has 2 aromatic rings. The number of anilines is 1. The number of benzene rings is 2. The number of carbonyl (C=O) groups is 1. The van der Waals surface area contributed by atoms with Gasteiger partial charge in [-0.2, -0.15) is 0 Å². The third-order valence-electron chi connectivity index (χ3n) is 5.84. The molecular weight excluding hydrogens is 420 g/mol. The summed E-state index contributed by atoms with van der Waals surface area (Å²) in [6.07, 6.45) is 5.31. The SMILES string of the molecule is Cc1ccc(S(=O)(=O)N(CC(=O)N(C)C2CCCCC2)c2cc(Cl)ccc2C)cc1. The van der Waals surface area contributed by atoms with E-state index >= 15 is 0 Å². The van der Waals surface area contributed by atoms with Crippen LogP contribution in [0.15, 0.2) is 47.4 Å². The summed E-state index contributed by atoms with van der Waals surface area (Å²) in [5.41, 5.74) is 2.13. The Hall–Kier alpha value is -2.05. The second-order valence-electron chi connectivity index (χ2n) is 8.05. The smallest absolute Gasteiger partial charge is 0.264 e. The number of halogens is 1. The Bertz CT molecular complexity index is 1000. The van der Waals surface area contributed by atoms with E-state index in [4.69, 9.17) is 11.6 Å². The fourth-order valence-electron chi connectivity index (χ4n) is 3.89. The van der Waals surface area contributed by atoms with Crippen molar-refractivity contribution in [3.8, 4) is 0 Å². The maximum Gasteiger partial charge on any atom is 0.264 e. The predicted octanol–water partition coefficient (Wildman–Crippen LogP) is 4.94. The van der Waals surface area contributed by atoms with Gasteiger partial charge in [0.2, 0.25) is 5.91 Å². The molecule has 0 bridgehead atoms. The van der Waals surface area contributed by atoms with Crippen molar-refractivity contribution in [2.75, 3.05) is 17.9 Å². The molecule has 0 saturated heterocycles. The predicted molar refractivity (Wildman–Crippen MR) is 122 cm³/mol. The second-order valence-corrected chi connectivity index (χ2v) is 10.4. The number of sulfonamides is 1. The van der Waals surface area contributed by atoms with Crippen molar-refractivity contribution in [1.29, 1.82) is 0 Å². The van der Waals surface area contributed by atoms with Crippen LogP contribution in [0, 0.1) is 13.8 Å². The number of rotatable bonds is 6. The summed E-state index contributed by atoms with van der Waals surface area (Å²) in [6.45, 7) is 3.46. The van der Waals surface area contributed by atoms with E-state index < -0.39 is 10.0 Å².